The quantitative estimate of drug-likeness (QED) is 0.214. The lowest BCUT2D eigenvalue weighted by molar-refractivity contribution is -0.153. The molecule has 0 spiro atoms. The molecule has 1 saturated carbocycles. The summed E-state index contributed by atoms with van der Waals surface area (Å²) in [6, 6.07) is 16.4. The number of para-hydroxylation sites is 1. The number of carbonyl (C=O) groups excluding carboxylic acids is 2. The van der Waals surface area contributed by atoms with Gasteiger partial charge in [0.2, 0.25) is 0 Å². The van der Waals surface area contributed by atoms with Crippen LogP contribution in [0, 0.1) is 11.7 Å². The third-order valence-electron chi connectivity index (χ3n) is 8.34. The van der Waals surface area contributed by atoms with E-state index in [-0.39, 0.29) is 24.3 Å². The number of nitrogens with one attached hydrogen (secondary N) is 2. The zero-order valence-corrected chi connectivity index (χ0v) is 28.8. The van der Waals surface area contributed by atoms with Crippen molar-refractivity contribution in [1.82, 2.24) is 5.32 Å². The molecule has 1 fully saturated rings. The van der Waals surface area contributed by atoms with Crippen molar-refractivity contribution in [1.29, 1.82) is 0 Å². The standard InChI is InChI=1S/C39H49FN2O5/c1-24(42-37(44)47-39(5,6)7)28-13-10-14-29(36(28)40)27-20-31-30(32(21-27)41-23-25-18-19-25)15-11-17-34(31)45-33-16-9-8-12-26(33)22-35(43)46-38(2,3)4/h8-10,12-14,16,20-21,24-25,34,41H,11,15,17-19,22-23H2,1-7H3,(H,42,44). The van der Waals surface area contributed by atoms with Crippen LogP contribution in [-0.2, 0) is 27.1 Å². The topological polar surface area (TPSA) is 85.9 Å². The molecule has 3 aromatic rings. The molecule has 0 heterocycles. The number of carbonyl (C=O) groups is 2. The maximum atomic E-state index is 16.3. The average Bonchev–Trinajstić information content (AvgIpc) is 3.80. The summed E-state index contributed by atoms with van der Waals surface area (Å²) in [6.45, 7) is 13.6. The van der Waals surface area contributed by atoms with Gasteiger partial charge < -0.3 is 24.8 Å². The first-order valence-corrected chi connectivity index (χ1v) is 16.8. The van der Waals surface area contributed by atoms with Crippen molar-refractivity contribution in [3.05, 3.63) is 82.7 Å². The first-order valence-electron chi connectivity index (χ1n) is 16.8. The highest BCUT2D eigenvalue weighted by molar-refractivity contribution is 5.75. The molecule has 2 atom stereocenters. The number of halogens is 1. The molecule has 2 unspecified atom stereocenters. The summed E-state index contributed by atoms with van der Waals surface area (Å²) in [5.74, 6) is 0.603. The van der Waals surface area contributed by atoms with Gasteiger partial charge in [0.15, 0.2) is 0 Å². The van der Waals surface area contributed by atoms with Crippen molar-refractivity contribution in [2.24, 2.45) is 5.92 Å². The Hall–Kier alpha value is -4.07. The Morgan fingerprint density at radius 2 is 1.66 bits per heavy atom. The van der Waals surface area contributed by atoms with Gasteiger partial charge in [0, 0.05) is 28.9 Å². The van der Waals surface area contributed by atoms with Gasteiger partial charge in [0.1, 0.15) is 28.9 Å². The van der Waals surface area contributed by atoms with Crippen LogP contribution in [0.2, 0.25) is 0 Å². The van der Waals surface area contributed by atoms with E-state index in [4.69, 9.17) is 14.2 Å². The minimum absolute atomic E-state index is 0.106. The number of fused-ring (bicyclic) bond motifs is 1. The Bertz CT molecular complexity index is 1600. The molecule has 7 nitrogen and oxygen atoms in total. The maximum Gasteiger partial charge on any atom is 0.408 e. The number of amides is 1. The van der Waals surface area contributed by atoms with Crippen molar-refractivity contribution in [3.8, 4) is 16.9 Å². The molecule has 47 heavy (non-hydrogen) atoms. The van der Waals surface area contributed by atoms with Crippen LogP contribution >= 0.6 is 0 Å². The third kappa shape index (κ3) is 9.27. The molecule has 2 aliphatic rings. The van der Waals surface area contributed by atoms with Gasteiger partial charge in [-0.3, -0.25) is 4.79 Å². The Morgan fingerprint density at radius 1 is 0.936 bits per heavy atom. The lowest BCUT2D eigenvalue weighted by Gasteiger charge is -2.30. The molecule has 2 aliphatic carbocycles. The number of alkyl carbamates (subject to hydrolysis) is 1. The highest BCUT2D eigenvalue weighted by atomic mass is 19.1. The molecule has 0 radical (unpaired) electrons. The summed E-state index contributed by atoms with van der Waals surface area (Å²) in [4.78, 5) is 25.2. The van der Waals surface area contributed by atoms with E-state index in [1.807, 2.05) is 63.2 Å². The van der Waals surface area contributed by atoms with Gasteiger partial charge in [-0.05, 0) is 121 Å². The average molecular weight is 645 g/mol. The molecule has 0 bridgehead atoms. The van der Waals surface area contributed by atoms with Crippen LogP contribution in [-0.4, -0.2) is 29.8 Å². The van der Waals surface area contributed by atoms with E-state index >= 15 is 4.39 Å². The molecule has 8 heteroatoms. The largest absolute Gasteiger partial charge is 0.485 e. The molecule has 252 valence electrons. The van der Waals surface area contributed by atoms with Crippen LogP contribution in [0.1, 0.15) is 109 Å². The summed E-state index contributed by atoms with van der Waals surface area (Å²) in [5, 5.41) is 6.45. The van der Waals surface area contributed by atoms with Crippen molar-refractivity contribution in [3.63, 3.8) is 0 Å². The highest BCUT2D eigenvalue weighted by Gasteiger charge is 2.29. The number of anilines is 1. The van der Waals surface area contributed by atoms with E-state index in [0.717, 1.165) is 48.2 Å². The van der Waals surface area contributed by atoms with Crippen LogP contribution in [0.25, 0.3) is 11.1 Å². The number of rotatable bonds is 10. The second kappa shape index (κ2) is 14.0. The summed E-state index contributed by atoms with van der Waals surface area (Å²) in [6.07, 6.45) is 4.29. The van der Waals surface area contributed by atoms with E-state index in [1.54, 1.807) is 39.8 Å². The first kappa shape index (κ1) is 34.3. The normalized spacial score (nSPS) is 16.9. The van der Waals surface area contributed by atoms with Crippen molar-refractivity contribution in [2.75, 3.05) is 11.9 Å². The fourth-order valence-corrected chi connectivity index (χ4v) is 6.01. The van der Waals surface area contributed by atoms with E-state index in [9.17, 15) is 9.59 Å². The SMILES string of the molecule is CC(NC(=O)OC(C)(C)C)c1cccc(-c2cc(NCC3CC3)c3c(c2)C(Oc2ccccc2CC(=O)OC(C)(C)C)CCC3)c1F. The zero-order chi connectivity index (χ0) is 33.9. The van der Waals surface area contributed by atoms with Crippen LogP contribution in [0.3, 0.4) is 0 Å². The van der Waals surface area contributed by atoms with Gasteiger partial charge >= 0.3 is 12.1 Å². The number of hydrogen-bond acceptors (Lipinski definition) is 6. The summed E-state index contributed by atoms with van der Waals surface area (Å²) in [7, 11) is 0. The fourth-order valence-electron chi connectivity index (χ4n) is 6.01. The van der Waals surface area contributed by atoms with Crippen LogP contribution < -0.4 is 15.4 Å². The van der Waals surface area contributed by atoms with Crippen LogP contribution in [0.5, 0.6) is 5.75 Å². The Labute approximate surface area is 278 Å². The summed E-state index contributed by atoms with van der Waals surface area (Å²) < 4.78 is 34.0. The molecule has 3 aromatic carbocycles. The maximum absolute atomic E-state index is 16.3. The molecule has 1 amide bonds. The molecule has 5 rings (SSSR count). The van der Waals surface area contributed by atoms with Crippen molar-refractivity contribution >= 4 is 17.7 Å². The van der Waals surface area contributed by atoms with E-state index in [1.165, 1.54) is 18.4 Å². The predicted molar refractivity (Wildman–Crippen MR) is 183 cm³/mol. The van der Waals surface area contributed by atoms with E-state index in [2.05, 4.69) is 10.6 Å². The number of esters is 1. The molecule has 2 N–H and O–H groups in total. The lowest BCUT2D eigenvalue weighted by atomic mass is 9.85. The van der Waals surface area contributed by atoms with E-state index < -0.39 is 23.3 Å². The third-order valence-corrected chi connectivity index (χ3v) is 8.34. The van der Waals surface area contributed by atoms with Gasteiger partial charge in [-0.1, -0.05) is 36.4 Å². The Morgan fingerprint density at radius 3 is 2.36 bits per heavy atom. The number of ether oxygens (including phenoxy) is 3. The second-order valence-electron chi connectivity index (χ2n) is 14.9. The van der Waals surface area contributed by atoms with Gasteiger partial charge in [-0.25, -0.2) is 9.18 Å². The molecular weight excluding hydrogens is 595 g/mol. The first-order chi connectivity index (χ1) is 22.2. The van der Waals surface area contributed by atoms with Crippen LogP contribution in [0.4, 0.5) is 14.9 Å². The second-order valence-corrected chi connectivity index (χ2v) is 14.9. The minimum atomic E-state index is -0.661. The molecule has 0 aliphatic heterocycles. The highest BCUT2D eigenvalue weighted by Crippen LogP contribution is 2.42. The van der Waals surface area contributed by atoms with Gasteiger partial charge in [0.05, 0.1) is 12.5 Å². The summed E-state index contributed by atoms with van der Waals surface area (Å²) in [5.41, 5.74) is 4.30. The summed E-state index contributed by atoms with van der Waals surface area (Å²) >= 11 is 0. The Balaban J connectivity index is 1.48. The van der Waals surface area contributed by atoms with Crippen molar-refractivity contribution < 1.29 is 28.2 Å². The lowest BCUT2D eigenvalue weighted by Crippen LogP contribution is -2.34. The molecular formula is C39H49FN2O5. The zero-order valence-electron chi connectivity index (χ0n) is 28.8. The molecule has 0 saturated heterocycles. The van der Waals surface area contributed by atoms with Gasteiger partial charge in [0.25, 0.3) is 0 Å². The van der Waals surface area contributed by atoms with Crippen LogP contribution in [0.15, 0.2) is 54.6 Å². The Kier molecular flexibility index (Phi) is 10.2. The number of benzene rings is 3. The minimum Gasteiger partial charge on any atom is -0.485 e. The van der Waals surface area contributed by atoms with Gasteiger partial charge in [-0.2, -0.15) is 0 Å². The van der Waals surface area contributed by atoms with Gasteiger partial charge in [-0.15, -0.1) is 0 Å². The molecule has 0 aromatic heterocycles. The smallest absolute Gasteiger partial charge is 0.408 e. The number of hydrogen-bond donors (Lipinski definition) is 2. The fraction of sp³-hybridized carbons (Fsp3) is 0.487. The monoisotopic (exact) mass is 644 g/mol. The van der Waals surface area contributed by atoms with E-state index in [0.29, 0.717) is 22.8 Å². The predicted octanol–water partition coefficient (Wildman–Crippen LogP) is 9.24. The van der Waals surface area contributed by atoms with Crippen molar-refractivity contribution in [2.45, 2.75) is 110 Å².